The topological polar surface area (TPSA) is 50.5 Å². The Bertz CT molecular complexity index is 619. The van der Waals surface area contributed by atoms with Crippen molar-refractivity contribution in [2.24, 2.45) is 0 Å². The van der Waals surface area contributed by atoms with Crippen LogP contribution in [0.25, 0.3) is 0 Å². The number of benzene rings is 1. The molecule has 2 aromatic rings. The van der Waals surface area contributed by atoms with Gasteiger partial charge in [-0.2, -0.15) is 0 Å². The van der Waals surface area contributed by atoms with Gasteiger partial charge < -0.3 is 9.32 Å². The predicted octanol–water partition coefficient (Wildman–Crippen LogP) is 3.16. The van der Waals surface area contributed by atoms with E-state index in [4.69, 9.17) is 4.42 Å². The van der Waals surface area contributed by atoms with E-state index >= 15 is 0 Å². The van der Waals surface area contributed by atoms with E-state index in [9.17, 15) is 9.59 Å². The highest BCUT2D eigenvalue weighted by Crippen LogP contribution is 2.24. The summed E-state index contributed by atoms with van der Waals surface area (Å²) in [5.41, 5.74) is 1.26. The number of nitrogens with zero attached hydrogens (tertiary/aromatic N) is 1. The molecule has 1 aliphatic rings. The van der Waals surface area contributed by atoms with Crippen molar-refractivity contribution >= 4 is 11.7 Å². The molecule has 0 radical (unpaired) electrons. The van der Waals surface area contributed by atoms with Crippen LogP contribution in [0.15, 0.2) is 53.3 Å². The van der Waals surface area contributed by atoms with E-state index in [2.05, 4.69) is 0 Å². The highest BCUT2D eigenvalue weighted by molar-refractivity contribution is 5.98. The third-order valence-corrected chi connectivity index (χ3v) is 3.92. The standard InChI is InChI=1S/C17H17NO3/c19-16(13-5-2-1-3-6-13)11-15-7-4-9-18(15)17(20)14-8-10-21-12-14/h1-3,5-6,8,10,12,15H,4,7,9,11H2. The molecule has 0 N–H and O–H groups in total. The Balaban J connectivity index is 1.70. The van der Waals surface area contributed by atoms with Gasteiger partial charge in [-0.3, -0.25) is 9.59 Å². The van der Waals surface area contributed by atoms with E-state index in [1.54, 1.807) is 11.0 Å². The predicted molar refractivity (Wildman–Crippen MR) is 78.2 cm³/mol. The van der Waals surface area contributed by atoms with Crippen LogP contribution in [-0.2, 0) is 0 Å². The van der Waals surface area contributed by atoms with Gasteiger partial charge in [-0.05, 0) is 18.9 Å². The van der Waals surface area contributed by atoms with E-state index in [0.29, 0.717) is 24.1 Å². The fourth-order valence-electron chi connectivity index (χ4n) is 2.82. The molecule has 21 heavy (non-hydrogen) atoms. The van der Waals surface area contributed by atoms with Crippen molar-refractivity contribution in [3.63, 3.8) is 0 Å². The first-order valence-electron chi connectivity index (χ1n) is 7.17. The summed E-state index contributed by atoms with van der Waals surface area (Å²) in [6.45, 7) is 0.705. The number of carbonyl (C=O) groups is 2. The van der Waals surface area contributed by atoms with E-state index in [1.165, 1.54) is 12.5 Å². The summed E-state index contributed by atoms with van der Waals surface area (Å²) < 4.78 is 4.97. The summed E-state index contributed by atoms with van der Waals surface area (Å²) in [5.74, 6) is 0.0413. The highest BCUT2D eigenvalue weighted by atomic mass is 16.3. The largest absolute Gasteiger partial charge is 0.472 e. The number of Topliss-reactive ketones (excluding diaryl/α,β-unsaturated/α-hetero) is 1. The maximum Gasteiger partial charge on any atom is 0.257 e. The average molecular weight is 283 g/mol. The van der Waals surface area contributed by atoms with Gasteiger partial charge in [0.2, 0.25) is 0 Å². The Kier molecular flexibility index (Phi) is 3.86. The molecule has 0 saturated carbocycles. The molecule has 1 aliphatic heterocycles. The van der Waals surface area contributed by atoms with Crippen LogP contribution >= 0.6 is 0 Å². The molecule has 1 saturated heterocycles. The molecule has 1 aromatic heterocycles. The monoisotopic (exact) mass is 283 g/mol. The maximum atomic E-state index is 12.4. The van der Waals surface area contributed by atoms with Gasteiger partial charge in [0.1, 0.15) is 6.26 Å². The van der Waals surface area contributed by atoms with Crippen LogP contribution in [0.1, 0.15) is 40.0 Å². The zero-order valence-corrected chi connectivity index (χ0v) is 11.7. The van der Waals surface area contributed by atoms with Crippen LogP contribution < -0.4 is 0 Å². The zero-order chi connectivity index (χ0) is 14.7. The van der Waals surface area contributed by atoms with E-state index in [-0.39, 0.29) is 17.7 Å². The number of hydrogen-bond acceptors (Lipinski definition) is 3. The van der Waals surface area contributed by atoms with Gasteiger partial charge in [-0.25, -0.2) is 0 Å². The SMILES string of the molecule is O=C(CC1CCCN1C(=O)c1ccoc1)c1ccccc1. The minimum Gasteiger partial charge on any atom is -0.472 e. The minimum atomic E-state index is -0.0490. The van der Waals surface area contributed by atoms with Crippen molar-refractivity contribution in [2.45, 2.75) is 25.3 Å². The first kappa shape index (κ1) is 13.6. The first-order valence-corrected chi connectivity index (χ1v) is 7.17. The Hall–Kier alpha value is -2.36. The van der Waals surface area contributed by atoms with Gasteiger partial charge >= 0.3 is 0 Å². The third kappa shape index (κ3) is 2.89. The molecule has 4 nitrogen and oxygen atoms in total. The molecule has 1 atom stereocenters. The summed E-state index contributed by atoms with van der Waals surface area (Å²) >= 11 is 0. The number of carbonyl (C=O) groups excluding carboxylic acids is 2. The molecule has 1 fully saturated rings. The molecule has 2 heterocycles. The summed E-state index contributed by atoms with van der Waals surface area (Å²) in [6, 6.07) is 10.9. The molecule has 0 spiro atoms. The normalized spacial score (nSPS) is 17.9. The van der Waals surface area contributed by atoms with Crippen molar-refractivity contribution in [1.29, 1.82) is 0 Å². The lowest BCUT2D eigenvalue weighted by Crippen LogP contribution is -2.36. The number of amides is 1. The van der Waals surface area contributed by atoms with Gasteiger partial charge in [-0.1, -0.05) is 30.3 Å². The zero-order valence-electron chi connectivity index (χ0n) is 11.7. The number of hydrogen-bond donors (Lipinski definition) is 0. The molecule has 1 amide bonds. The average Bonchev–Trinajstić information content (AvgIpc) is 3.19. The lowest BCUT2D eigenvalue weighted by Gasteiger charge is -2.23. The van der Waals surface area contributed by atoms with Crippen LogP contribution in [0.3, 0.4) is 0 Å². The number of rotatable bonds is 4. The summed E-state index contributed by atoms with van der Waals surface area (Å²) in [4.78, 5) is 26.5. The fourth-order valence-corrected chi connectivity index (χ4v) is 2.82. The quantitative estimate of drug-likeness (QED) is 0.810. The van der Waals surface area contributed by atoms with Crippen molar-refractivity contribution < 1.29 is 14.0 Å². The number of furan rings is 1. The van der Waals surface area contributed by atoms with E-state index in [0.717, 1.165) is 12.8 Å². The highest BCUT2D eigenvalue weighted by Gasteiger charge is 2.31. The third-order valence-electron chi connectivity index (χ3n) is 3.92. The van der Waals surface area contributed by atoms with E-state index < -0.39 is 0 Å². The second-order valence-corrected chi connectivity index (χ2v) is 5.30. The molecule has 0 bridgehead atoms. The molecule has 108 valence electrons. The Morgan fingerprint density at radius 1 is 1.14 bits per heavy atom. The Morgan fingerprint density at radius 3 is 2.67 bits per heavy atom. The van der Waals surface area contributed by atoms with Crippen LogP contribution in [0.2, 0.25) is 0 Å². The molecule has 0 aliphatic carbocycles. The molecule has 1 aromatic carbocycles. The molecular weight excluding hydrogens is 266 g/mol. The summed E-state index contributed by atoms with van der Waals surface area (Å²) in [6.07, 6.45) is 5.15. The maximum absolute atomic E-state index is 12.4. The van der Waals surface area contributed by atoms with E-state index in [1.807, 2.05) is 30.3 Å². The summed E-state index contributed by atoms with van der Waals surface area (Å²) in [7, 11) is 0. The van der Waals surface area contributed by atoms with Gasteiger partial charge in [0.25, 0.3) is 5.91 Å². The Labute approximate surface area is 123 Å². The molecule has 1 unspecified atom stereocenters. The number of likely N-dealkylation sites (tertiary alicyclic amines) is 1. The van der Waals surface area contributed by atoms with Gasteiger partial charge in [0, 0.05) is 24.6 Å². The van der Waals surface area contributed by atoms with Crippen molar-refractivity contribution in [3.05, 3.63) is 60.1 Å². The minimum absolute atomic E-state index is 0.0138. The second kappa shape index (κ2) is 5.95. The summed E-state index contributed by atoms with van der Waals surface area (Å²) in [5, 5.41) is 0. The number of ketones is 1. The van der Waals surface area contributed by atoms with Gasteiger partial charge in [0.15, 0.2) is 5.78 Å². The van der Waals surface area contributed by atoms with Crippen molar-refractivity contribution in [2.75, 3.05) is 6.54 Å². The van der Waals surface area contributed by atoms with Crippen LogP contribution in [0, 0.1) is 0 Å². The van der Waals surface area contributed by atoms with Crippen LogP contribution in [0.5, 0.6) is 0 Å². The van der Waals surface area contributed by atoms with Gasteiger partial charge in [0.05, 0.1) is 11.8 Å². The molecule has 3 rings (SSSR count). The lowest BCUT2D eigenvalue weighted by molar-refractivity contribution is 0.0716. The molecule has 4 heteroatoms. The first-order chi connectivity index (χ1) is 10.3. The van der Waals surface area contributed by atoms with Crippen LogP contribution in [0.4, 0.5) is 0 Å². The van der Waals surface area contributed by atoms with Crippen molar-refractivity contribution in [3.8, 4) is 0 Å². The Morgan fingerprint density at radius 2 is 1.95 bits per heavy atom. The lowest BCUT2D eigenvalue weighted by atomic mass is 10.0. The van der Waals surface area contributed by atoms with Crippen molar-refractivity contribution in [1.82, 2.24) is 4.90 Å². The van der Waals surface area contributed by atoms with Gasteiger partial charge in [-0.15, -0.1) is 0 Å². The smallest absolute Gasteiger partial charge is 0.257 e. The second-order valence-electron chi connectivity index (χ2n) is 5.30. The fraction of sp³-hybridized carbons (Fsp3) is 0.294. The molecular formula is C17H17NO3. The van der Waals surface area contributed by atoms with Crippen LogP contribution in [-0.4, -0.2) is 29.2 Å².